The average Bonchev–Trinajstić information content (AvgIpc) is 2.46. The van der Waals surface area contributed by atoms with Crippen molar-refractivity contribution in [3.63, 3.8) is 0 Å². The van der Waals surface area contributed by atoms with Crippen molar-refractivity contribution >= 4 is 0 Å². The van der Waals surface area contributed by atoms with Gasteiger partial charge in [-0.2, -0.15) is 7.05 Å². The highest BCUT2D eigenvalue weighted by Crippen LogP contribution is 2.61. The van der Waals surface area contributed by atoms with E-state index in [2.05, 4.69) is 47.7 Å². The highest BCUT2D eigenvalue weighted by molar-refractivity contribution is 5.40. The topological polar surface area (TPSA) is 14.1 Å². The molecule has 3 aliphatic carbocycles. The van der Waals surface area contributed by atoms with E-state index in [-0.39, 0.29) is 5.54 Å². The molecule has 2 fully saturated rings. The van der Waals surface area contributed by atoms with Gasteiger partial charge in [0, 0.05) is 0 Å². The van der Waals surface area contributed by atoms with Gasteiger partial charge in [0.15, 0.2) is 0 Å². The van der Waals surface area contributed by atoms with Gasteiger partial charge in [-0.15, -0.1) is 5.54 Å². The van der Waals surface area contributed by atoms with Crippen LogP contribution in [-0.2, 0) is 0 Å². The SMILES string of the molecule is C[N-]C12CCC(C)C3=C(C=C(C)C)CC(C)C(CCC1C)C32. The molecular formula is C21H34N-. The summed E-state index contributed by atoms with van der Waals surface area (Å²) in [6.07, 6.45) is 9.22. The third-order valence-corrected chi connectivity index (χ3v) is 7.12. The predicted octanol–water partition coefficient (Wildman–Crippen LogP) is 6.12. The molecule has 22 heavy (non-hydrogen) atoms. The molecule has 0 saturated heterocycles. The first-order valence-corrected chi connectivity index (χ1v) is 9.39. The molecule has 0 radical (unpaired) electrons. The van der Waals surface area contributed by atoms with Gasteiger partial charge >= 0.3 is 0 Å². The van der Waals surface area contributed by atoms with Crippen molar-refractivity contribution in [3.05, 3.63) is 28.1 Å². The Bertz CT molecular complexity index is 496. The monoisotopic (exact) mass is 300 g/mol. The van der Waals surface area contributed by atoms with Gasteiger partial charge in [-0.05, 0) is 62.4 Å². The molecule has 3 rings (SSSR count). The Morgan fingerprint density at radius 3 is 2.50 bits per heavy atom. The number of nitrogens with zero attached hydrogens (tertiary/aromatic N) is 1. The summed E-state index contributed by atoms with van der Waals surface area (Å²) in [6, 6.07) is 0. The van der Waals surface area contributed by atoms with Crippen molar-refractivity contribution in [2.75, 3.05) is 7.05 Å². The second-order valence-corrected chi connectivity index (χ2v) is 8.66. The predicted molar refractivity (Wildman–Crippen MR) is 96.0 cm³/mol. The smallest absolute Gasteiger partial charge is 0.0224 e. The summed E-state index contributed by atoms with van der Waals surface area (Å²) >= 11 is 0. The summed E-state index contributed by atoms with van der Waals surface area (Å²) in [5, 5.41) is 5.09. The Hall–Kier alpha value is -0.560. The lowest BCUT2D eigenvalue weighted by atomic mass is 9.48. The first-order valence-electron chi connectivity index (χ1n) is 9.39. The zero-order valence-electron chi connectivity index (χ0n) is 15.4. The molecule has 0 heterocycles. The molecule has 3 aliphatic rings. The average molecular weight is 301 g/mol. The van der Waals surface area contributed by atoms with E-state index in [0.29, 0.717) is 0 Å². The molecule has 0 aromatic heterocycles. The lowest BCUT2D eigenvalue weighted by Gasteiger charge is -2.67. The minimum atomic E-state index is 0.236. The van der Waals surface area contributed by atoms with E-state index in [0.717, 1.165) is 29.6 Å². The summed E-state index contributed by atoms with van der Waals surface area (Å²) < 4.78 is 0. The van der Waals surface area contributed by atoms with Crippen LogP contribution in [0.15, 0.2) is 22.8 Å². The lowest BCUT2D eigenvalue weighted by molar-refractivity contribution is 0.0373. The van der Waals surface area contributed by atoms with Crippen LogP contribution in [0.2, 0.25) is 0 Å². The Labute approximate surface area is 137 Å². The molecule has 0 bridgehead atoms. The minimum Gasteiger partial charge on any atom is -0.659 e. The van der Waals surface area contributed by atoms with Gasteiger partial charge in [0.2, 0.25) is 0 Å². The Balaban J connectivity index is 2.16. The van der Waals surface area contributed by atoms with Gasteiger partial charge in [-0.25, -0.2) is 0 Å². The Morgan fingerprint density at radius 2 is 1.86 bits per heavy atom. The maximum absolute atomic E-state index is 5.09. The summed E-state index contributed by atoms with van der Waals surface area (Å²) in [7, 11) is 2.10. The van der Waals surface area contributed by atoms with Crippen LogP contribution in [0.1, 0.15) is 66.7 Å². The second kappa shape index (κ2) is 5.82. The van der Waals surface area contributed by atoms with E-state index in [4.69, 9.17) is 5.32 Å². The van der Waals surface area contributed by atoms with Gasteiger partial charge in [0.25, 0.3) is 0 Å². The molecule has 124 valence electrons. The first-order chi connectivity index (χ1) is 10.4. The van der Waals surface area contributed by atoms with Gasteiger partial charge in [0.05, 0.1) is 0 Å². The fraction of sp³-hybridized carbons (Fsp3) is 0.810. The lowest BCUT2D eigenvalue weighted by Crippen LogP contribution is -2.56. The quantitative estimate of drug-likeness (QED) is 0.583. The van der Waals surface area contributed by atoms with Crippen LogP contribution in [0.3, 0.4) is 0 Å². The molecular weight excluding hydrogens is 266 g/mol. The normalized spacial score (nSPS) is 44.5. The summed E-state index contributed by atoms with van der Waals surface area (Å²) in [6.45, 7) is 11.9. The molecule has 2 saturated carbocycles. The second-order valence-electron chi connectivity index (χ2n) is 8.66. The van der Waals surface area contributed by atoms with Gasteiger partial charge in [-0.1, -0.05) is 56.8 Å². The molecule has 1 nitrogen and oxygen atoms in total. The standard InChI is InChI=1S/C21H34N/c1-13(2)11-17-12-15(4)18-8-7-16(5)21(22-6)10-9-14(3)19(17)20(18)21/h11,14-16,18,20H,7-10,12H2,1-6H3/q-1. The van der Waals surface area contributed by atoms with Crippen LogP contribution in [-0.4, -0.2) is 12.6 Å². The van der Waals surface area contributed by atoms with E-state index in [1.165, 1.54) is 37.7 Å². The first kappa shape index (κ1) is 16.3. The van der Waals surface area contributed by atoms with Crippen molar-refractivity contribution < 1.29 is 0 Å². The van der Waals surface area contributed by atoms with E-state index in [1.807, 2.05) is 0 Å². The van der Waals surface area contributed by atoms with Crippen LogP contribution < -0.4 is 0 Å². The van der Waals surface area contributed by atoms with Crippen LogP contribution in [0.5, 0.6) is 0 Å². The third-order valence-electron chi connectivity index (χ3n) is 7.12. The zero-order valence-corrected chi connectivity index (χ0v) is 15.4. The largest absolute Gasteiger partial charge is 0.659 e. The molecule has 0 aliphatic heterocycles. The summed E-state index contributed by atoms with van der Waals surface area (Å²) in [5.74, 6) is 3.91. The minimum absolute atomic E-state index is 0.236. The molecule has 6 unspecified atom stereocenters. The fourth-order valence-corrected chi connectivity index (χ4v) is 6.06. The van der Waals surface area contributed by atoms with Crippen molar-refractivity contribution in [3.8, 4) is 0 Å². The van der Waals surface area contributed by atoms with Crippen molar-refractivity contribution in [2.45, 2.75) is 72.3 Å². The van der Waals surface area contributed by atoms with E-state index >= 15 is 0 Å². The Morgan fingerprint density at radius 1 is 1.14 bits per heavy atom. The molecule has 6 atom stereocenters. The number of allylic oxidation sites excluding steroid dienone is 3. The van der Waals surface area contributed by atoms with Crippen molar-refractivity contribution in [2.24, 2.45) is 29.6 Å². The number of hydrogen-bond donors (Lipinski definition) is 0. The molecule has 1 heteroatoms. The maximum atomic E-state index is 5.09. The number of hydrogen-bond acceptors (Lipinski definition) is 0. The van der Waals surface area contributed by atoms with Crippen LogP contribution in [0, 0.1) is 29.6 Å². The fourth-order valence-electron chi connectivity index (χ4n) is 6.06. The highest BCUT2D eigenvalue weighted by Gasteiger charge is 2.51. The van der Waals surface area contributed by atoms with Crippen LogP contribution in [0.25, 0.3) is 5.32 Å². The van der Waals surface area contributed by atoms with Gasteiger partial charge in [0.1, 0.15) is 0 Å². The third kappa shape index (κ3) is 2.31. The van der Waals surface area contributed by atoms with E-state index in [9.17, 15) is 0 Å². The molecule has 0 aromatic rings. The van der Waals surface area contributed by atoms with Crippen LogP contribution >= 0.6 is 0 Å². The molecule has 0 aromatic carbocycles. The van der Waals surface area contributed by atoms with Crippen LogP contribution in [0.4, 0.5) is 0 Å². The van der Waals surface area contributed by atoms with Crippen molar-refractivity contribution in [1.29, 1.82) is 0 Å². The van der Waals surface area contributed by atoms with E-state index in [1.54, 1.807) is 11.1 Å². The molecule has 0 amide bonds. The molecule has 0 N–H and O–H groups in total. The van der Waals surface area contributed by atoms with Gasteiger partial charge < -0.3 is 5.32 Å². The number of rotatable bonds is 2. The Kier molecular flexibility index (Phi) is 4.31. The summed E-state index contributed by atoms with van der Waals surface area (Å²) in [5.41, 5.74) is 5.16. The highest BCUT2D eigenvalue weighted by atomic mass is 15.0. The molecule has 0 spiro atoms. The van der Waals surface area contributed by atoms with Gasteiger partial charge in [-0.3, -0.25) is 0 Å². The zero-order chi connectivity index (χ0) is 16.1. The van der Waals surface area contributed by atoms with Crippen molar-refractivity contribution in [1.82, 2.24) is 0 Å². The summed E-state index contributed by atoms with van der Waals surface area (Å²) in [4.78, 5) is 0. The van der Waals surface area contributed by atoms with E-state index < -0.39 is 0 Å². The maximum Gasteiger partial charge on any atom is -0.0224 e.